The number of rotatable bonds is 3. The van der Waals surface area contributed by atoms with Gasteiger partial charge in [-0.2, -0.15) is 5.10 Å². The monoisotopic (exact) mass is 276 g/mol. The van der Waals surface area contributed by atoms with E-state index in [0.717, 1.165) is 0 Å². The fourth-order valence-electron chi connectivity index (χ4n) is 1.90. The van der Waals surface area contributed by atoms with Crippen LogP contribution in [0.2, 0.25) is 0 Å². The van der Waals surface area contributed by atoms with Crippen LogP contribution in [0.1, 0.15) is 41.5 Å². The minimum Gasteiger partial charge on any atom is -0.395 e. The summed E-state index contributed by atoms with van der Waals surface area (Å²) in [4.78, 5) is 12.1. The van der Waals surface area contributed by atoms with Crippen molar-refractivity contribution in [3.05, 3.63) is 41.0 Å². The summed E-state index contributed by atoms with van der Waals surface area (Å²) < 4.78 is 13.4. The smallest absolute Gasteiger partial charge is 0.278 e. The number of H-pyrrole nitrogens is 1. The van der Waals surface area contributed by atoms with Gasteiger partial charge in [0.25, 0.3) is 5.91 Å². The summed E-state index contributed by atoms with van der Waals surface area (Å²) >= 11 is 0. The Morgan fingerprint density at radius 3 is 2.75 bits per heavy atom. The van der Waals surface area contributed by atoms with Crippen molar-refractivity contribution in [2.45, 2.75) is 26.7 Å². The van der Waals surface area contributed by atoms with Gasteiger partial charge in [0.2, 0.25) is 0 Å². The topological polar surface area (TPSA) is 83.8 Å². The minimum atomic E-state index is -0.459. The molecule has 2 aromatic rings. The molecule has 0 aliphatic heterocycles. The molecule has 0 saturated carbocycles. The number of nitrogens with zero attached hydrogens (tertiary/aromatic N) is 1. The molecule has 6 heteroatoms. The lowest BCUT2D eigenvalue weighted by molar-refractivity contribution is 0.102. The van der Waals surface area contributed by atoms with Gasteiger partial charge in [0.15, 0.2) is 5.69 Å². The van der Waals surface area contributed by atoms with E-state index in [4.69, 9.17) is 5.73 Å². The Kier molecular flexibility index (Phi) is 3.74. The Bertz CT molecular complexity index is 649. The highest BCUT2D eigenvalue weighted by Gasteiger charge is 2.19. The number of nitrogen functional groups attached to an aromatic ring is 1. The zero-order valence-electron chi connectivity index (χ0n) is 11.6. The highest BCUT2D eigenvalue weighted by Crippen LogP contribution is 2.24. The number of halogens is 1. The highest BCUT2D eigenvalue weighted by molar-refractivity contribution is 6.06. The summed E-state index contributed by atoms with van der Waals surface area (Å²) in [7, 11) is 0. The fourth-order valence-corrected chi connectivity index (χ4v) is 1.90. The number of carbonyl (C=O) groups is 1. The van der Waals surface area contributed by atoms with Gasteiger partial charge >= 0.3 is 0 Å². The van der Waals surface area contributed by atoms with Gasteiger partial charge in [-0.1, -0.05) is 19.9 Å². The van der Waals surface area contributed by atoms with E-state index < -0.39 is 5.91 Å². The molecule has 5 nitrogen and oxygen atoms in total. The lowest BCUT2D eigenvalue weighted by Crippen LogP contribution is -2.15. The van der Waals surface area contributed by atoms with Crippen LogP contribution >= 0.6 is 0 Å². The Balaban J connectivity index is 2.27. The lowest BCUT2D eigenvalue weighted by atomic mass is 10.1. The molecule has 1 amide bonds. The van der Waals surface area contributed by atoms with Crippen LogP contribution in [0, 0.1) is 12.7 Å². The quantitative estimate of drug-likeness (QED) is 0.806. The standard InChI is InChI=1S/C14H17FN4O/c1-7(2)12-11(16)13(19-18-12)14(20)17-10-6-4-5-9(15)8(10)3/h4-7H,16H2,1-3H3,(H,17,20)(H,18,19). The molecular weight excluding hydrogens is 259 g/mol. The third-order valence-electron chi connectivity index (χ3n) is 3.14. The second-order valence-corrected chi connectivity index (χ2v) is 4.92. The van der Waals surface area contributed by atoms with Crippen LogP contribution in [0.15, 0.2) is 18.2 Å². The molecule has 20 heavy (non-hydrogen) atoms. The molecular formula is C14H17FN4O. The lowest BCUT2D eigenvalue weighted by Gasteiger charge is -2.08. The second kappa shape index (κ2) is 5.32. The number of amides is 1. The molecule has 0 radical (unpaired) electrons. The first-order valence-electron chi connectivity index (χ1n) is 6.32. The Morgan fingerprint density at radius 2 is 2.15 bits per heavy atom. The van der Waals surface area contributed by atoms with E-state index in [1.807, 2.05) is 13.8 Å². The number of hydrogen-bond donors (Lipinski definition) is 3. The molecule has 2 rings (SSSR count). The molecule has 106 valence electrons. The van der Waals surface area contributed by atoms with Crippen molar-refractivity contribution in [1.82, 2.24) is 10.2 Å². The first kappa shape index (κ1) is 14.0. The van der Waals surface area contributed by atoms with Crippen molar-refractivity contribution in [3.8, 4) is 0 Å². The molecule has 1 heterocycles. The van der Waals surface area contributed by atoms with Gasteiger partial charge in [0.05, 0.1) is 11.4 Å². The van der Waals surface area contributed by atoms with Gasteiger partial charge in [-0.05, 0) is 25.0 Å². The molecule has 0 bridgehead atoms. The van der Waals surface area contributed by atoms with E-state index in [1.54, 1.807) is 13.0 Å². The zero-order valence-corrected chi connectivity index (χ0v) is 11.6. The molecule has 0 aliphatic carbocycles. The number of aromatic amines is 1. The molecule has 0 spiro atoms. The largest absolute Gasteiger partial charge is 0.395 e. The van der Waals surface area contributed by atoms with E-state index in [0.29, 0.717) is 22.6 Å². The summed E-state index contributed by atoms with van der Waals surface area (Å²) in [5.74, 6) is -0.694. The van der Waals surface area contributed by atoms with E-state index in [-0.39, 0.29) is 17.4 Å². The normalized spacial score (nSPS) is 10.8. The SMILES string of the molecule is Cc1c(F)cccc1NC(=O)c1n[nH]c(C(C)C)c1N. The van der Waals surface area contributed by atoms with Crippen molar-refractivity contribution in [1.29, 1.82) is 0 Å². The maximum Gasteiger partial charge on any atom is 0.278 e. The summed E-state index contributed by atoms with van der Waals surface area (Å²) in [6.45, 7) is 5.49. The third kappa shape index (κ3) is 2.49. The minimum absolute atomic E-state index is 0.123. The molecule has 0 saturated heterocycles. The zero-order chi connectivity index (χ0) is 14.9. The van der Waals surface area contributed by atoms with Crippen LogP contribution in [0.5, 0.6) is 0 Å². The number of benzene rings is 1. The van der Waals surface area contributed by atoms with Gasteiger partial charge in [0, 0.05) is 11.3 Å². The van der Waals surface area contributed by atoms with E-state index in [1.165, 1.54) is 12.1 Å². The first-order valence-corrected chi connectivity index (χ1v) is 6.32. The van der Waals surface area contributed by atoms with E-state index in [2.05, 4.69) is 15.5 Å². The second-order valence-electron chi connectivity index (χ2n) is 4.92. The molecule has 1 aromatic carbocycles. The Hall–Kier alpha value is -2.37. The molecule has 0 fully saturated rings. The summed E-state index contributed by atoms with van der Waals surface area (Å²) in [6, 6.07) is 4.50. The number of nitrogens with one attached hydrogen (secondary N) is 2. The summed E-state index contributed by atoms with van der Waals surface area (Å²) in [5.41, 5.74) is 7.84. The summed E-state index contributed by atoms with van der Waals surface area (Å²) in [5, 5.41) is 9.30. The van der Waals surface area contributed by atoms with Gasteiger partial charge in [-0.3, -0.25) is 9.89 Å². The number of hydrogen-bond acceptors (Lipinski definition) is 3. The molecule has 1 aromatic heterocycles. The number of carbonyl (C=O) groups excluding carboxylic acids is 1. The Labute approximate surface area is 116 Å². The third-order valence-corrected chi connectivity index (χ3v) is 3.14. The van der Waals surface area contributed by atoms with Crippen molar-refractivity contribution in [2.75, 3.05) is 11.1 Å². The van der Waals surface area contributed by atoms with Crippen molar-refractivity contribution < 1.29 is 9.18 Å². The summed E-state index contributed by atoms with van der Waals surface area (Å²) in [6.07, 6.45) is 0. The number of aromatic nitrogens is 2. The first-order chi connectivity index (χ1) is 9.41. The van der Waals surface area contributed by atoms with Crippen molar-refractivity contribution in [2.24, 2.45) is 0 Å². The molecule has 4 N–H and O–H groups in total. The van der Waals surface area contributed by atoms with Crippen molar-refractivity contribution >= 4 is 17.3 Å². The van der Waals surface area contributed by atoms with Gasteiger partial charge in [0.1, 0.15) is 5.82 Å². The van der Waals surface area contributed by atoms with Crippen LogP contribution in [0.25, 0.3) is 0 Å². The van der Waals surface area contributed by atoms with Crippen LogP contribution in [-0.4, -0.2) is 16.1 Å². The number of nitrogens with two attached hydrogens (primary N) is 1. The van der Waals surface area contributed by atoms with Gasteiger partial charge in [-0.25, -0.2) is 4.39 Å². The molecule has 0 unspecified atom stereocenters. The van der Waals surface area contributed by atoms with Crippen molar-refractivity contribution in [3.63, 3.8) is 0 Å². The van der Waals surface area contributed by atoms with E-state index >= 15 is 0 Å². The van der Waals surface area contributed by atoms with Crippen LogP contribution < -0.4 is 11.1 Å². The maximum absolute atomic E-state index is 13.4. The Morgan fingerprint density at radius 1 is 1.45 bits per heavy atom. The van der Waals surface area contributed by atoms with Crippen LogP contribution in [-0.2, 0) is 0 Å². The average Bonchev–Trinajstić information content (AvgIpc) is 2.77. The maximum atomic E-state index is 13.4. The van der Waals surface area contributed by atoms with E-state index in [9.17, 15) is 9.18 Å². The fraction of sp³-hybridized carbons (Fsp3) is 0.286. The predicted octanol–water partition coefficient (Wildman–Crippen LogP) is 2.82. The molecule has 0 aliphatic rings. The predicted molar refractivity (Wildman–Crippen MR) is 76.2 cm³/mol. The number of anilines is 2. The van der Waals surface area contributed by atoms with Crippen LogP contribution in [0.3, 0.4) is 0 Å². The molecule has 0 atom stereocenters. The van der Waals surface area contributed by atoms with Gasteiger partial charge < -0.3 is 11.1 Å². The highest BCUT2D eigenvalue weighted by atomic mass is 19.1. The van der Waals surface area contributed by atoms with Gasteiger partial charge in [-0.15, -0.1) is 0 Å². The van der Waals surface area contributed by atoms with Crippen LogP contribution in [0.4, 0.5) is 15.8 Å². The average molecular weight is 276 g/mol.